The Labute approximate surface area is 170 Å². The molecule has 2 aromatic carbocycles. The van der Waals surface area contributed by atoms with E-state index in [1.807, 2.05) is 18.2 Å². The molecule has 5 nitrogen and oxygen atoms in total. The van der Waals surface area contributed by atoms with Crippen LogP contribution in [0.25, 0.3) is 0 Å². The number of benzene rings is 2. The van der Waals surface area contributed by atoms with Gasteiger partial charge in [-0.25, -0.2) is 0 Å². The lowest BCUT2D eigenvalue weighted by atomic mass is 10.1. The van der Waals surface area contributed by atoms with Crippen LogP contribution in [0.4, 0.5) is 0 Å². The van der Waals surface area contributed by atoms with Gasteiger partial charge in [0, 0.05) is 16.6 Å². The van der Waals surface area contributed by atoms with Crippen LogP contribution in [0.1, 0.15) is 24.5 Å². The lowest BCUT2D eigenvalue weighted by Crippen LogP contribution is -2.17. The first-order valence-corrected chi connectivity index (χ1v) is 9.83. The normalized spacial score (nSPS) is 10.6. The van der Waals surface area contributed by atoms with E-state index >= 15 is 0 Å². The van der Waals surface area contributed by atoms with Crippen molar-refractivity contribution in [3.63, 3.8) is 0 Å². The van der Waals surface area contributed by atoms with Gasteiger partial charge in [-0.05, 0) is 49.2 Å². The fraction of sp³-hybridized carbons (Fsp3) is 0.429. The number of halogens is 1. The Bertz CT molecular complexity index is 736. The monoisotopic (exact) mass is 437 g/mol. The van der Waals surface area contributed by atoms with Crippen LogP contribution in [0.5, 0.6) is 23.0 Å². The van der Waals surface area contributed by atoms with Crippen LogP contribution in [0.2, 0.25) is 0 Å². The molecule has 148 valence electrons. The molecule has 27 heavy (non-hydrogen) atoms. The zero-order chi connectivity index (χ0) is 19.6. The van der Waals surface area contributed by atoms with Gasteiger partial charge in [0.25, 0.3) is 0 Å². The molecule has 6 heteroatoms. The van der Waals surface area contributed by atoms with E-state index in [0.29, 0.717) is 13.2 Å². The minimum Gasteiger partial charge on any atom is -0.493 e. The smallest absolute Gasteiger partial charge is 0.165 e. The molecule has 0 heterocycles. The number of hydrogen-bond donors (Lipinski definition) is 1. The summed E-state index contributed by atoms with van der Waals surface area (Å²) in [7, 11) is 4.96. The van der Waals surface area contributed by atoms with E-state index in [9.17, 15) is 0 Å². The summed E-state index contributed by atoms with van der Waals surface area (Å²) in [6.45, 7) is 4.28. The zero-order valence-electron chi connectivity index (χ0n) is 16.4. The van der Waals surface area contributed by atoms with E-state index in [-0.39, 0.29) is 0 Å². The van der Waals surface area contributed by atoms with Crippen LogP contribution in [-0.2, 0) is 13.0 Å². The van der Waals surface area contributed by atoms with Gasteiger partial charge in [-0.3, -0.25) is 0 Å². The Morgan fingerprint density at radius 3 is 2.33 bits per heavy atom. The van der Waals surface area contributed by atoms with Crippen molar-refractivity contribution < 1.29 is 18.9 Å². The predicted octanol–water partition coefficient (Wildman–Crippen LogP) is 4.60. The average Bonchev–Trinajstić information content (AvgIpc) is 2.69. The van der Waals surface area contributed by atoms with E-state index in [2.05, 4.69) is 40.3 Å². The third-order valence-electron chi connectivity index (χ3n) is 4.12. The molecule has 0 fully saturated rings. The van der Waals surface area contributed by atoms with Gasteiger partial charge in [-0.1, -0.05) is 28.9 Å². The molecule has 0 atom stereocenters. The second-order valence-corrected chi connectivity index (χ2v) is 6.98. The van der Waals surface area contributed by atoms with Crippen LogP contribution in [0.3, 0.4) is 0 Å². The Morgan fingerprint density at radius 2 is 1.67 bits per heavy atom. The summed E-state index contributed by atoms with van der Waals surface area (Å²) in [4.78, 5) is 0. The lowest BCUT2D eigenvalue weighted by molar-refractivity contribution is 0.290. The maximum atomic E-state index is 5.92. The van der Waals surface area contributed by atoms with Crippen molar-refractivity contribution in [3.8, 4) is 23.0 Å². The summed E-state index contributed by atoms with van der Waals surface area (Å²) >= 11 is 3.54. The molecule has 1 N–H and O–H groups in total. The van der Waals surface area contributed by atoms with Crippen molar-refractivity contribution in [3.05, 3.63) is 45.9 Å². The summed E-state index contributed by atoms with van der Waals surface area (Å²) < 4.78 is 23.0. The van der Waals surface area contributed by atoms with Crippen molar-refractivity contribution in [2.75, 3.05) is 34.5 Å². The van der Waals surface area contributed by atoms with Crippen molar-refractivity contribution in [2.24, 2.45) is 0 Å². The number of methoxy groups -OCH3 is 3. The van der Waals surface area contributed by atoms with Crippen LogP contribution in [-0.4, -0.2) is 34.5 Å². The van der Waals surface area contributed by atoms with Crippen molar-refractivity contribution >= 4 is 15.9 Å². The Morgan fingerprint density at radius 1 is 0.926 bits per heavy atom. The number of nitrogens with one attached hydrogen (secondary N) is 1. The maximum absolute atomic E-state index is 5.92. The van der Waals surface area contributed by atoms with Crippen molar-refractivity contribution in [2.45, 2.75) is 26.3 Å². The van der Waals surface area contributed by atoms with Crippen molar-refractivity contribution in [1.82, 2.24) is 5.32 Å². The third kappa shape index (κ3) is 6.04. The summed E-state index contributed by atoms with van der Waals surface area (Å²) in [5, 5.41) is 3.48. The first kappa shape index (κ1) is 21.4. The summed E-state index contributed by atoms with van der Waals surface area (Å²) in [6, 6.07) is 10.00. The molecule has 2 aromatic rings. The standard InChI is InChI=1S/C21H28BrNO4/c1-5-10-27-21-16(12-17(22)13-20(21)26-4)14-23-9-8-15-6-7-18(24-2)19(11-15)25-3/h6-7,11-13,23H,5,8-10,14H2,1-4H3. The second kappa shape index (κ2) is 11.0. The average molecular weight is 438 g/mol. The minimum atomic E-state index is 0.663. The molecule has 0 radical (unpaired) electrons. The van der Waals surface area contributed by atoms with Crippen LogP contribution >= 0.6 is 15.9 Å². The quantitative estimate of drug-likeness (QED) is 0.520. The molecule has 0 aliphatic heterocycles. The Balaban J connectivity index is 1.99. The SMILES string of the molecule is CCCOc1c(CNCCc2ccc(OC)c(OC)c2)cc(Br)cc1OC. The molecule has 0 bridgehead atoms. The van der Waals surface area contributed by atoms with Crippen LogP contribution in [0.15, 0.2) is 34.8 Å². The molecular formula is C21H28BrNO4. The van der Waals surface area contributed by atoms with Gasteiger partial charge in [-0.15, -0.1) is 0 Å². The first-order chi connectivity index (χ1) is 13.1. The molecule has 0 saturated heterocycles. The number of hydrogen-bond acceptors (Lipinski definition) is 5. The fourth-order valence-corrected chi connectivity index (χ4v) is 3.25. The van der Waals surface area contributed by atoms with E-state index in [1.165, 1.54) is 5.56 Å². The van der Waals surface area contributed by atoms with E-state index in [4.69, 9.17) is 18.9 Å². The van der Waals surface area contributed by atoms with Gasteiger partial charge in [0.2, 0.25) is 0 Å². The van der Waals surface area contributed by atoms with Gasteiger partial charge >= 0.3 is 0 Å². The van der Waals surface area contributed by atoms with E-state index in [0.717, 1.165) is 52.4 Å². The van der Waals surface area contributed by atoms with Gasteiger partial charge in [0.15, 0.2) is 23.0 Å². The predicted molar refractivity (Wildman–Crippen MR) is 111 cm³/mol. The summed E-state index contributed by atoms with van der Waals surface area (Å²) in [5.41, 5.74) is 2.26. The molecule has 0 aromatic heterocycles. The molecule has 0 spiro atoms. The third-order valence-corrected chi connectivity index (χ3v) is 4.58. The lowest BCUT2D eigenvalue weighted by Gasteiger charge is -2.16. The van der Waals surface area contributed by atoms with Gasteiger partial charge in [-0.2, -0.15) is 0 Å². The fourth-order valence-electron chi connectivity index (χ4n) is 2.77. The molecule has 0 saturated carbocycles. The largest absolute Gasteiger partial charge is 0.493 e. The maximum Gasteiger partial charge on any atom is 0.165 e. The zero-order valence-corrected chi connectivity index (χ0v) is 18.0. The first-order valence-electron chi connectivity index (χ1n) is 9.03. The van der Waals surface area contributed by atoms with Gasteiger partial charge < -0.3 is 24.3 Å². The highest BCUT2D eigenvalue weighted by Gasteiger charge is 2.12. The van der Waals surface area contributed by atoms with Crippen LogP contribution < -0.4 is 24.3 Å². The van der Waals surface area contributed by atoms with Crippen molar-refractivity contribution in [1.29, 1.82) is 0 Å². The van der Waals surface area contributed by atoms with Gasteiger partial charge in [0.1, 0.15) is 0 Å². The highest BCUT2D eigenvalue weighted by Crippen LogP contribution is 2.35. The minimum absolute atomic E-state index is 0.663. The summed E-state index contributed by atoms with van der Waals surface area (Å²) in [6.07, 6.45) is 1.84. The van der Waals surface area contributed by atoms with E-state index in [1.54, 1.807) is 21.3 Å². The molecular weight excluding hydrogens is 410 g/mol. The molecule has 0 aliphatic rings. The second-order valence-electron chi connectivity index (χ2n) is 6.06. The molecule has 2 rings (SSSR count). The highest BCUT2D eigenvalue weighted by atomic mass is 79.9. The van der Waals surface area contributed by atoms with Gasteiger partial charge in [0.05, 0.1) is 27.9 Å². The number of rotatable bonds is 11. The molecule has 0 unspecified atom stereocenters. The molecule has 0 amide bonds. The molecule has 0 aliphatic carbocycles. The Hall–Kier alpha value is -1.92. The van der Waals surface area contributed by atoms with E-state index < -0.39 is 0 Å². The highest BCUT2D eigenvalue weighted by molar-refractivity contribution is 9.10. The Kier molecular flexibility index (Phi) is 8.75. The van der Waals surface area contributed by atoms with Crippen LogP contribution in [0, 0.1) is 0 Å². The summed E-state index contributed by atoms with van der Waals surface area (Å²) in [5.74, 6) is 3.05. The topological polar surface area (TPSA) is 49.0 Å². The number of ether oxygens (including phenoxy) is 4.